The first-order valence-corrected chi connectivity index (χ1v) is 6.19. The molecule has 0 aliphatic rings. The Balaban J connectivity index is 2.09. The number of nitrogens with zero attached hydrogens (tertiary/aromatic N) is 5. The second-order valence-corrected chi connectivity index (χ2v) is 4.46. The molecule has 3 aromatic heterocycles. The van der Waals surface area contributed by atoms with Gasteiger partial charge in [0.25, 0.3) is 0 Å². The minimum absolute atomic E-state index is 0.0882. The van der Waals surface area contributed by atoms with Crippen LogP contribution in [-0.2, 0) is 0 Å². The molecule has 21 heavy (non-hydrogen) atoms. The van der Waals surface area contributed by atoms with Crippen molar-refractivity contribution in [1.82, 2.24) is 29.5 Å². The summed E-state index contributed by atoms with van der Waals surface area (Å²) in [5.74, 6) is 0.552. The molecule has 0 bridgehead atoms. The summed E-state index contributed by atoms with van der Waals surface area (Å²) in [6.07, 6.45) is 1.52. The molecule has 0 saturated heterocycles. The summed E-state index contributed by atoms with van der Waals surface area (Å²) < 4.78 is 1.20. The van der Waals surface area contributed by atoms with E-state index >= 15 is 0 Å². The summed E-state index contributed by atoms with van der Waals surface area (Å²) in [6, 6.07) is 9.41. The zero-order valence-corrected chi connectivity index (χ0v) is 10.7. The van der Waals surface area contributed by atoms with Gasteiger partial charge in [-0.05, 0) is 0 Å². The Bertz CT molecular complexity index is 1020. The molecular formula is C13H9N7O. The van der Waals surface area contributed by atoms with Crippen molar-refractivity contribution in [2.45, 2.75) is 0 Å². The van der Waals surface area contributed by atoms with Gasteiger partial charge in [-0.15, -0.1) is 5.10 Å². The molecule has 3 N–H and O–H groups in total. The molecule has 4 aromatic rings. The van der Waals surface area contributed by atoms with Crippen molar-refractivity contribution in [2.75, 3.05) is 5.73 Å². The van der Waals surface area contributed by atoms with Crippen LogP contribution in [0.2, 0.25) is 0 Å². The van der Waals surface area contributed by atoms with Gasteiger partial charge in [-0.3, -0.25) is 4.98 Å². The second-order valence-electron chi connectivity index (χ2n) is 4.46. The molecule has 1 aromatic carbocycles. The first-order chi connectivity index (χ1) is 10.2. The Morgan fingerprint density at radius 3 is 2.76 bits per heavy atom. The number of nitrogen functional groups attached to an aromatic ring is 1. The Morgan fingerprint density at radius 1 is 1.14 bits per heavy atom. The van der Waals surface area contributed by atoms with Crippen molar-refractivity contribution < 1.29 is 0 Å². The minimum atomic E-state index is -0.426. The molecule has 8 nitrogen and oxygen atoms in total. The number of rotatable bonds is 1. The van der Waals surface area contributed by atoms with Crippen LogP contribution in [0.5, 0.6) is 0 Å². The van der Waals surface area contributed by atoms with Crippen LogP contribution < -0.4 is 11.4 Å². The lowest BCUT2D eigenvalue weighted by atomic mass is 10.2. The van der Waals surface area contributed by atoms with Crippen molar-refractivity contribution >= 4 is 22.6 Å². The molecule has 0 spiro atoms. The summed E-state index contributed by atoms with van der Waals surface area (Å²) in [5.41, 5.74) is 6.66. The number of aromatic amines is 1. The number of fused-ring (bicyclic) bond motifs is 3. The van der Waals surface area contributed by atoms with E-state index in [1.807, 2.05) is 30.3 Å². The molecule has 102 valence electrons. The Kier molecular flexibility index (Phi) is 2.25. The molecule has 0 aliphatic carbocycles. The van der Waals surface area contributed by atoms with Crippen molar-refractivity contribution in [2.24, 2.45) is 0 Å². The Hall–Kier alpha value is -3.29. The van der Waals surface area contributed by atoms with Crippen molar-refractivity contribution in [3.63, 3.8) is 0 Å². The average molecular weight is 279 g/mol. The smallest absolute Gasteiger partial charge is 0.349 e. The number of anilines is 1. The molecule has 0 amide bonds. The van der Waals surface area contributed by atoms with Gasteiger partial charge in [0.1, 0.15) is 0 Å². The van der Waals surface area contributed by atoms with E-state index in [0.29, 0.717) is 22.5 Å². The predicted molar refractivity (Wildman–Crippen MR) is 76.6 cm³/mol. The van der Waals surface area contributed by atoms with E-state index in [9.17, 15) is 4.79 Å². The van der Waals surface area contributed by atoms with E-state index in [4.69, 9.17) is 5.73 Å². The van der Waals surface area contributed by atoms with E-state index in [2.05, 4.69) is 25.0 Å². The molecule has 0 atom stereocenters. The molecule has 0 fully saturated rings. The van der Waals surface area contributed by atoms with E-state index < -0.39 is 5.69 Å². The van der Waals surface area contributed by atoms with Gasteiger partial charge in [0.2, 0.25) is 5.95 Å². The number of hydrogen-bond acceptors (Lipinski definition) is 6. The average Bonchev–Trinajstić information content (AvgIpc) is 2.94. The van der Waals surface area contributed by atoms with Crippen LogP contribution in [0, 0.1) is 0 Å². The lowest BCUT2D eigenvalue weighted by Crippen LogP contribution is -2.18. The van der Waals surface area contributed by atoms with Crippen molar-refractivity contribution in [3.8, 4) is 11.4 Å². The molecule has 0 aliphatic heterocycles. The van der Waals surface area contributed by atoms with E-state index in [-0.39, 0.29) is 5.95 Å². The fourth-order valence-electron chi connectivity index (χ4n) is 2.15. The highest BCUT2D eigenvalue weighted by molar-refractivity contribution is 5.88. The normalized spacial score (nSPS) is 11.2. The van der Waals surface area contributed by atoms with E-state index in [0.717, 1.165) is 5.56 Å². The largest absolute Gasteiger partial charge is 0.368 e. The quantitative estimate of drug-likeness (QED) is 0.527. The molecule has 0 unspecified atom stereocenters. The second kappa shape index (κ2) is 4.10. The van der Waals surface area contributed by atoms with Gasteiger partial charge in [-0.2, -0.15) is 9.50 Å². The number of aromatic nitrogens is 6. The van der Waals surface area contributed by atoms with Gasteiger partial charge >= 0.3 is 5.69 Å². The number of hydrogen-bond donors (Lipinski definition) is 2. The van der Waals surface area contributed by atoms with Crippen molar-refractivity contribution in [1.29, 1.82) is 0 Å². The number of H-pyrrole nitrogens is 1. The number of nitrogens with one attached hydrogen (secondary N) is 1. The molecule has 0 radical (unpaired) electrons. The summed E-state index contributed by atoms with van der Waals surface area (Å²) in [4.78, 5) is 27.0. The third-order valence-corrected chi connectivity index (χ3v) is 3.11. The Labute approximate surface area is 117 Å². The first-order valence-electron chi connectivity index (χ1n) is 6.19. The van der Waals surface area contributed by atoms with Crippen LogP contribution in [0.1, 0.15) is 0 Å². The van der Waals surface area contributed by atoms with Gasteiger partial charge in [-0.25, -0.2) is 14.8 Å². The standard InChI is InChI=1S/C13H9N7O/c14-12-15-6-8-10(17-12)18-13(21)20-11(8)16-9(19-20)7-4-2-1-3-5-7/h1-6H,(H3,14,15,17,18,21). The van der Waals surface area contributed by atoms with Gasteiger partial charge < -0.3 is 5.73 Å². The van der Waals surface area contributed by atoms with Crippen LogP contribution in [0.4, 0.5) is 5.95 Å². The molecule has 4 rings (SSSR count). The summed E-state index contributed by atoms with van der Waals surface area (Å²) in [5, 5.41) is 4.81. The topological polar surface area (TPSA) is 115 Å². The van der Waals surface area contributed by atoms with Gasteiger partial charge in [0, 0.05) is 11.8 Å². The lowest BCUT2D eigenvalue weighted by molar-refractivity contribution is 0.880. The highest BCUT2D eigenvalue weighted by Crippen LogP contribution is 2.18. The number of benzene rings is 1. The van der Waals surface area contributed by atoms with Crippen LogP contribution in [-0.4, -0.2) is 29.5 Å². The summed E-state index contributed by atoms with van der Waals surface area (Å²) in [6.45, 7) is 0. The Morgan fingerprint density at radius 2 is 1.95 bits per heavy atom. The SMILES string of the molecule is Nc1ncc2c(n1)[nH]c(=O)n1nc(-c3ccccc3)nc21. The fraction of sp³-hybridized carbons (Fsp3) is 0. The van der Waals surface area contributed by atoms with Crippen LogP contribution in [0.3, 0.4) is 0 Å². The van der Waals surface area contributed by atoms with E-state index in [1.54, 1.807) is 0 Å². The van der Waals surface area contributed by atoms with Gasteiger partial charge in [-0.1, -0.05) is 30.3 Å². The molecule has 3 heterocycles. The van der Waals surface area contributed by atoms with Crippen LogP contribution >= 0.6 is 0 Å². The third kappa shape index (κ3) is 1.73. The van der Waals surface area contributed by atoms with Crippen molar-refractivity contribution in [3.05, 3.63) is 47.0 Å². The van der Waals surface area contributed by atoms with Crippen LogP contribution in [0.25, 0.3) is 28.1 Å². The maximum absolute atomic E-state index is 12.1. The summed E-state index contributed by atoms with van der Waals surface area (Å²) in [7, 11) is 0. The highest BCUT2D eigenvalue weighted by Gasteiger charge is 2.13. The monoisotopic (exact) mass is 279 g/mol. The fourth-order valence-corrected chi connectivity index (χ4v) is 2.15. The van der Waals surface area contributed by atoms with Gasteiger partial charge in [0.15, 0.2) is 17.1 Å². The molecule has 8 heteroatoms. The summed E-state index contributed by atoms with van der Waals surface area (Å²) >= 11 is 0. The van der Waals surface area contributed by atoms with Crippen LogP contribution in [0.15, 0.2) is 41.3 Å². The zero-order valence-electron chi connectivity index (χ0n) is 10.7. The maximum atomic E-state index is 12.1. The van der Waals surface area contributed by atoms with Gasteiger partial charge in [0.05, 0.1) is 5.39 Å². The highest BCUT2D eigenvalue weighted by atomic mass is 16.1. The molecular weight excluding hydrogens is 270 g/mol. The lowest BCUT2D eigenvalue weighted by Gasteiger charge is -1.98. The zero-order chi connectivity index (χ0) is 14.4. The van der Waals surface area contributed by atoms with E-state index in [1.165, 1.54) is 10.7 Å². The number of nitrogens with two attached hydrogens (primary N) is 1. The third-order valence-electron chi connectivity index (χ3n) is 3.11. The predicted octanol–water partition coefficient (Wildman–Crippen LogP) is 0.610. The maximum Gasteiger partial charge on any atom is 0.349 e. The first kappa shape index (κ1) is 11.5. The minimum Gasteiger partial charge on any atom is -0.368 e. The molecule has 0 saturated carbocycles.